The van der Waals surface area contributed by atoms with Crippen molar-refractivity contribution in [2.45, 2.75) is 45.1 Å². The van der Waals surface area contributed by atoms with Crippen molar-refractivity contribution in [2.24, 2.45) is 0 Å². The summed E-state index contributed by atoms with van der Waals surface area (Å²) in [6, 6.07) is 6.14. The zero-order valence-electron chi connectivity index (χ0n) is 12.3. The van der Waals surface area contributed by atoms with Crippen LogP contribution in [0.1, 0.15) is 36.8 Å². The van der Waals surface area contributed by atoms with Gasteiger partial charge in [0.1, 0.15) is 0 Å². The molecule has 1 aromatic carbocycles. The van der Waals surface area contributed by atoms with Crippen molar-refractivity contribution in [3.63, 3.8) is 0 Å². The molecule has 106 valence electrons. The smallest absolute Gasteiger partial charge is 0.312 e. The fourth-order valence-corrected chi connectivity index (χ4v) is 3.54. The molecule has 3 rings (SSSR count). The van der Waals surface area contributed by atoms with Gasteiger partial charge in [0, 0.05) is 12.2 Å². The Bertz CT molecular complexity index is 536. The van der Waals surface area contributed by atoms with Gasteiger partial charge in [-0.3, -0.25) is 0 Å². The minimum atomic E-state index is -0.0132. The Labute approximate surface area is 120 Å². The Kier molecular flexibility index (Phi) is 3.28. The third-order valence-electron chi connectivity index (χ3n) is 4.68. The largest absolute Gasteiger partial charge is 0.322 e. The van der Waals surface area contributed by atoms with Crippen LogP contribution in [0.4, 0.5) is 10.5 Å². The molecule has 1 aliphatic heterocycles. The number of hydrogen-bond acceptors (Lipinski definition) is 1. The van der Waals surface area contributed by atoms with Gasteiger partial charge < -0.3 is 10.2 Å². The van der Waals surface area contributed by atoms with Gasteiger partial charge in [0.2, 0.25) is 0 Å². The summed E-state index contributed by atoms with van der Waals surface area (Å²) in [5.41, 5.74) is 3.18. The molecule has 2 amide bonds. The zero-order valence-corrected chi connectivity index (χ0v) is 12.3. The van der Waals surface area contributed by atoms with Crippen LogP contribution >= 0.6 is 0 Å². The highest BCUT2D eigenvalue weighted by Gasteiger charge is 2.42. The van der Waals surface area contributed by atoms with Gasteiger partial charge in [-0.2, -0.15) is 0 Å². The first-order valence-electron chi connectivity index (χ1n) is 7.45. The number of amides is 2. The molecule has 0 bridgehead atoms. The molecule has 0 saturated heterocycles. The number of nitrogens with zero attached hydrogens (tertiary/aromatic N) is 1. The van der Waals surface area contributed by atoms with Gasteiger partial charge in [0.15, 0.2) is 0 Å². The quantitative estimate of drug-likeness (QED) is 0.768. The fraction of sp³-hybridized carbons (Fsp3) is 0.471. The normalized spacial score (nSPS) is 19.8. The molecule has 1 N–H and O–H groups in total. The van der Waals surface area contributed by atoms with Crippen LogP contribution in [0.3, 0.4) is 0 Å². The minimum absolute atomic E-state index is 0.0132. The summed E-state index contributed by atoms with van der Waals surface area (Å²) in [7, 11) is 0. The van der Waals surface area contributed by atoms with Crippen LogP contribution in [0, 0.1) is 13.8 Å². The molecule has 0 radical (unpaired) electrons. The SMILES string of the molecule is Cc1cccc(C)c1NC(=O)N1CC=CC12CCCC2. The standard InChI is InChI=1S/C17H22N2O/c1-13-7-5-8-14(2)15(13)18-16(20)19-12-6-11-17(19)9-3-4-10-17/h5-8,11H,3-4,9-10,12H2,1-2H3,(H,18,20). The average molecular weight is 270 g/mol. The number of carbonyl (C=O) groups excluding carboxylic acids is 1. The molecule has 1 aromatic rings. The number of para-hydroxylation sites is 1. The van der Waals surface area contributed by atoms with Gasteiger partial charge >= 0.3 is 6.03 Å². The monoisotopic (exact) mass is 270 g/mol. The van der Waals surface area contributed by atoms with Gasteiger partial charge in [-0.1, -0.05) is 43.2 Å². The van der Waals surface area contributed by atoms with Gasteiger partial charge in [0.25, 0.3) is 0 Å². The van der Waals surface area contributed by atoms with Gasteiger partial charge in [0.05, 0.1) is 5.54 Å². The summed E-state index contributed by atoms with van der Waals surface area (Å²) in [5.74, 6) is 0. The number of urea groups is 1. The van der Waals surface area contributed by atoms with Crippen LogP contribution in [0.2, 0.25) is 0 Å². The molecule has 1 saturated carbocycles. The van der Waals surface area contributed by atoms with Crippen LogP contribution in [0.15, 0.2) is 30.4 Å². The van der Waals surface area contributed by atoms with Gasteiger partial charge in [-0.05, 0) is 37.8 Å². The molecule has 0 unspecified atom stereocenters. The highest BCUT2D eigenvalue weighted by Crippen LogP contribution is 2.39. The van der Waals surface area contributed by atoms with Crippen molar-refractivity contribution < 1.29 is 4.79 Å². The lowest BCUT2D eigenvalue weighted by Gasteiger charge is -2.34. The topological polar surface area (TPSA) is 32.3 Å². The molecule has 3 heteroatoms. The summed E-state index contributed by atoms with van der Waals surface area (Å²) in [6.07, 6.45) is 9.02. The van der Waals surface area contributed by atoms with Crippen LogP contribution < -0.4 is 5.32 Å². The molecule has 1 heterocycles. The highest BCUT2D eigenvalue weighted by atomic mass is 16.2. The highest BCUT2D eigenvalue weighted by molar-refractivity contribution is 5.92. The van der Waals surface area contributed by atoms with E-state index in [9.17, 15) is 4.79 Å². The first-order valence-corrected chi connectivity index (χ1v) is 7.45. The summed E-state index contributed by atoms with van der Waals surface area (Å²) >= 11 is 0. The summed E-state index contributed by atoms with van der Waals surface area (Å²) in [4.78, 5) is 14.7. The number of nitrogens with one attached hydrogen (secondary N) is 1. The molecular weight excluding hydrogens is 248 g/mol. The minimum Gasteiger partial charge on any atom is -0.312 e. The van der Waals surface area contributed by atoms with E-state index < -0.39 is 0 Å². The van der Waals surface area contributed by atoms with Crippen LogP contribution in [-0.4, -0.2) is 23.0 Å². The van der Waals surface area contributed by atoms with E-state index in [2.05, 4.69) is 17.5 Å². The summed E-state index contributed by atoms with van der Waals surface area (Å²) < 4.78 is 0. The zero-order chi connectivity index (χ0) is 14.2. The first-order chi connectivity index (χ1) is 9.62. The summed E-state index contributed by atoms with van der Waals surface area (Å²) in [5, 5.41) is 3.12. The lowest BCUT2D eigenvalue weighted by molar-refractivity contribution is 0.175. The predicted molar refractivity (Wildman–Crippen MR) is 82.0 cm³/mol. The van der Waals surface area contributed by atoms with E-state index >= 15 is 0 Å². The number of anilines is 1. The van der Waals surface area contributed by atoms with Crippen molar-refractivity contribution in [3.8, 4) is 0 Å². The Hall–Kier alpha value is -1.77. The molecule has 1 aliphatic carbocycles. The maximum Gasteiger partial charge on any atom is 0.322 e. The molecular formula is C17H22N2O. The van der Waals surface area contributed by atoms with Crippen molar-refractivity contribution >= 4 is 11.7 Å². The Morgan fingerprint density at radius 3 is 2.50 bits per heavy atom. The predicted octanol–water partition coefficient (Wildman–Crippen LogP) is 4.02. The van der Waals surface area contributed by atoms with Crippen molar-refractivity contribution in [1.29, 1.82) is 0 Å². The van der Waals surface area contributed by atoms with Crippen molar-refractivity contribution in [3.05, 3.63) is 41.5 Å². The number of rotatable bonds is 1. The van der Waals surface area contributed by atoms with Crippen LogP contribution in [-0.2, 0) is 0 Å². The van der Waals surface area contributed by atoms with Crippen LogP contribution in [0.25, 0.3) is 0 Å². The van der Waals surface area contributed by atoms with Crippen molar-refractivity contribution in [2.75, 3.05) is 11.9 Å². The Balaban J connectivity index is 1.80. The van der Waals surface area contributed by atoms with E-state index in [4.69, 9.17) is 0 Å². The van der Waals surface area contributed by atoms with Gasteiger partial charge in [-0.25, -0.2) is 4.79 Å². The van der Waals surface area contributed by atoms with Crippen LogP contribution in [0.5, 0.6) is 0 Å². The van der Waals surface area contributed by atoms with E-state index in [1.165, 1.54) is 12.8 Å². The maximum atomic E-state index is 12.7. The molecule has 2 aliphatic rings. The third kappa shape index (κ3) is 2.11. The number of carbonyl (C=O) groups is 1. The van der Waals surface area contributed by atoms with E-state index in [1.54, 1.807) is 0 Å². The average Bonchev–Trinajstić information content (AvgIpc) is 3.05. The number of hydrogen-bond donors (Lipinski definition) is 1. The molecule has 20 heavy (non-hydrogen) atoms. The number of benzene rings is 1. The summed E-state index contributed by atoms with van der Waals surface area (Å²) in [6.45, 7) is 4.81. The fourth-order valence-electron chi connectivity index (χ4n) is 3.54. The molecule has 3 nitrogen and oxygen atoms in total. The molecule has 0 atom stereocenters. The second-order valence-electron chi connectivity index (χ2n) is 6.02. The van der Waals surface area contributed by atoms with E-state index in [1.807, 2.05) is 36.9 Å². The van der Waals surface area contributed by atoms with E-state index in [0.717, 1.165) is 36.2 Å². The lowest BCUT2D eigenvalue weighted by Crippen LogP contribution is -2.47. The second-order valence-corrected chi connectivity index (χ2v) is 6.02. The molecule has 0 aromatic heterocycles. The van der Waals surface area contributed by atoms with E-state index in [0.29, 0.717) is 0 Å². The first kappa shape index (κ1) is 13.2. The molecule has 1 fully saturated rings. The maximum absolute atomic E-state index is 12.7. The second kappa shape index (κ2) is 4.97. The Morgan fingerprint density at radius 2 is 1.85 bits per heavy atom. The Morgan fingerprint density at radius 1 is 1.20 bits per heavy atom. The number of aryl methyl sites for hydroxylation is 2. The third-order valence-corrected chi connectivity index (χ3v) is 4.68. The van der Waals surface area contributed by atoms with E-state index in [-0.39, 0.29) is 11.6 Å². The lowest BCUT2D eigenvalue weighted by atomic mass is 9.98. The molecule has 1 spiro atoms. The van der Waals surface area contributed by atoms with Gasteiger partial charge in [-0.15, -0.1) is 0 Å². The van der Waals surface area contributed by atoms with Crippen molar-refractivity contribution in [1.82, 2.24) is 4.90 Å².